The first-order valence-electron chi connectivity index (χ1n) is 8.17. The SMILES string of the molecule is COc1ccc(CN(C)C(=O)NC2CCc3ccc(O)cc32)cc1O. The number of aryl methyl sites for hydroxylation is 1. The van der Waals surface area contributed by atoms with Gasteiger partial charge < -0.3 is 25.2 Å². The molecule has 2 aromatic rings. The Morgan fingerprint density at radius 1 is 1.28 bits per heavy atom. The molecule has 0 fully saturated rings. The van der Waals surface area contributed by atoms with Crippen LogP contribution in [0.15, 0.2) is 36.4 Å². The number of hydrogen-bond donors (Lipinski definition) is 3. The summed E-state index contributed by atoms with van der Waals surface area (Å²) in [5, 5.41) is 22.5. The molecule has 2 amide bonds. The highest BCUT2D eigenvalue weighted by atomic mass is 16.5. The number of phenolic OH excluding ortho intramolecular Hbond substituents is 2. The lowest BCUT2D eigenvalue weighted by atomic mass is 10.1. The lowest BCUT2D eigenvalue weighted by Gasteiger charge is -2.22. The molecule has 0 saturated heterocycles. The Bertz CT molecular complexity index is 791. The normalized spacial score (nSPS) is 15.5. The number of urea groups is 1. The Hall–Kier alpha value is -2.89. The summed E-state index contributed by atoms with van der Waals surface area (Å²) in [6.45, 7) is 0.364. The van der Waals surface area contributed by atoms with Crippen molar-refractivity contribution in [3.05, 3.63) is 53.1 Å². The van der Waals surface area contributed by atoms with E-state index in [1.54, 1.807) is 36.2 Å². The number of nitrogens with zero attached hydrogens (tertiary/aromatic N) is 1. The highest BCUT2D eigenvalue weighted by molar-refractivity contribution is 5.74. The fourth-order valence-electron chi connectivity index (χ4n) is 3.18. The minimum Gasteiger partial charge on any atom is -0.508 e. The van der Waals surface area contributed by atoms with Crippen LogP contribution in [0.5, 0.6) is 17.2 Å². The van der Waals surface area contributed by atoms with Gasteiger partial charge in [-0.2, -0.15) is 0 Å². The molecule has 6 heteroatoms. The van der Waals surface area contributed by atoms with Gasteiger partial charge in [0.2, 0.25) is 0 Å². The van der Waals surface area contributed by atoms with Crippen molar-refractivity contribution in [2.75, 3.05) is 14.2 Å². The van der Waals surface area contributed by atoms with E-state index in [9.17, 15) is 15.0 Å². The highest BCUT2D eigenvalue weighted by Crippen LogP contribution is 2.33. The summed E-state index contributed by atoms with van der Waals surface area (Å²) in [5.41, 5.74) is 2.94. The topological polar surface area (TPSA) is 82.0 Å². The van der Waals surface area contributed by atoms with E-state index in [0.29, 0.717) is 12.3 Å². The van der Waals surface area contributed by atoms with Gasteiger partial charge in [0.15, 0.2) is 11.5 Å². The Labute approximate surface area is 146 Å². The summed E-state index contributed by atoms with van der Waals surface area (Å²) in [6, 6.07) is 10.1. The molecule has 1 atom stereocenters. The Morgan fingerprint density at radius 3 is 2.80 bits per heavy atom. The van der Waals surface area contributed by atoms with E-state index in [0.717, 1.165) is 29.5 Å². The first-order chi connectivity index (χ1) is 12.0. The molecule has 25 heavy (non-hydrogen) atoms. The predicted octanol–water partition coefficient (Wildman–Crippen LogP) is 2.94. The molecule has 0 saturated carbocycles. The van der Waals surface area contributed by atoms with Gasteiger partial charge in [-0.1, -0.05) is 12.1 Å². The van der Waals surface area contributed by atoms with Crippen molar-refractivity contribution in [3.63, 3.8) is 0 Å². The van der Waals surface area contributed by atoms with Gasteiger partial charge in [0.05, 0.1) is 13.2 Å². The zero-order chi connectivity index (χ0) is 18.0. The van der Waals surface area contributed by atoms with Crippen molar-refractivity contribution in [2.45, 2.75) is 25.4 Å². The van der Waals surface area contributed by atoms with Gasteiger partial charge in [-0.05, 0) is 53.8 Å². The minimum absolute atomic E-state index is 0.0500. The summed E-state index contributed by atoms with van der Waals surface area (Å²) in [6.07, 6.45) is 1.71. The average Bonchev–Trinajstić information content (AvgIpc) is 2.97. The average molecular weight is 342 g/mol. The van der Waals surface area contributed by atoms with Gasteiger partial charge in [0.1, 0.15) is 5.75 Å². The number of phenols is 2. The summed E-state index contributed by atoms with van der Waals surface area (Å²) in [4.78, 5) is 14.0. The van der Waals surface area contributed by atoms with Crippen LogP contribution < -0.4 is 10.1 Å². The van der Waals surface area contributed by atoms with Crippen LogP contribution in [-0.2, 0) is 13.0 Å². The van der Waals surface area contributed by atoms with Crippen LogP contribution in [0.2, 0.25) is 0 Å². The summed E-state index contributed by atoms with van der Waals surface area (Å²) >= 11 is 0. The number of carbonyl (C=O) groups excluding carboxylic acids is 1. The van der Waals surface area contributed by atoms with Crippen molar-refractivity contribution in [1.82, 2.24) is 10.2 Å². The molecule has 6 nitrogen and oxygen atoms in total. The van der Waals surface area contributed by atoms with Crippen LogP contribution >= 0.6 is 0 Å². The maximum Gasteiger partial charge on any atom is 0.317 e. The van der Waals surface area contributed by atoms with Crippen LogP contribution in [0.3, 0.4) is 0 Å². The van der Waals surface area contributed by atoms with Crippen molar-refractivity contribution in [3.8, 4) is 17.2 Å². The van der Waals surface area contributed by atoms with E-state index < -0.39 is 0 Å². The maximum atomic E-state index is 12.5. The number of hydrogen-bond acceptors (Lipinski definition) is 4. The number of amides is 2. The Morgan fingerprint density at radius 2 is 2.08 bits per heavy atom. The predicted molar refractivity (Wildman–Crippen MR) is 93.8 cm³/mol. The van der Waals surface area contributed by atoms with Crippen molar-refractivity contribution < 1.29 is 19.7 Å². The van der Waals surface area contributed by atoms with Crippen molar-refractivity contribution in [2.24, 2.45) is 0 Å². The molecule has 2 aromatic carbocycles. The number of nitrogens with one attached hydrogen (secondary N) is 1. The largest absolute Gasteiger partial charge is 0.508 e. The first kappa shape index (κ1) is 17.0. The molecule has 0 heterocycles. The van der Waals surface area contributed by atoms with E-state index in [1.807, 2.05) is 12.1 Å². The number of aromatic hydroxyl groups is 2. The van der Waals surface area contributed by atoms with Crippen LogP contribution in [0.25, 0.3) is 0 Å². The maximum absolute atomic E-state index is 12.5. The molecular weight excluding hydrogens is 320 g/mol. The molecule has 1 aliphatic rings. The second-order valence-electron chi connectivity index (χ2n) is 6.29. The standard InChI is InChI=1S/C19H22N2O4/c1-21(11-12-3-8-18(25-2)17(23)9-12)19(24)20-16-7-5-13-4-6-14(22)10-15(13)16/h3-4,6,8-10,16,22-23H,5,7,11H2,1-2H3,(H,20,24). The third-order valence-electron chi connectivity index (χ3n) is 4.51. The van der Waals surface area contributed by atoms with Gasteiger partial charge in [-0.15, -0.1) is 0 Å². The van der Waals surface area contributed by atoms with Crippen LogP contribution in [0.1, 0.15) is 29.2 Å². The van der Waals surface area contributed by atoms with Crippen LogP contribution in [0, 0.1) is 0 Å². The number of methoxy groups -OCH3 is 1. The van der Waals surface area contributed by atoms with Gasteiger partial charge in [-0.3, -0.25) is 0 Å². The molecule has 0 spiro atoms. The monoisotopic (exact) mass is 342 g/mol. The summed E-state index contributed by atoms with van der Waals surface area (Å²) in [5.74, 6) is 0.661. The third-order valence-corrected chi connectivity index (χ3v) is 4.51. The molecule has 3 rings (SSSR count). The molecule has 0 bridgehead atoms. The van der Waals surface area contributed by atoms with Crippen LogP contribution in [0.4, 0.5) is 4.79 Å². The second-order valence-corrected chi connectivity index (χ2v) is 6.29. The zero-order valence-electron chi connectivity index (χ0n) is 14.3. The Balaban J connectivity index is 1.64. The lowest BCUT2D eigenvalue weighted by molar-refractivity contribution is 0.202. The van der Waals surface area contributed by atoms with Gasteiger partial charge >= 0.3 is 6.03 Å². The van der Waals surface area contributed by atoms with E-state index >= 15 is 0 Å². The van der Waals surface area contributed by atoms with Gasteiger partial charge in [-0.25, -0.2) is 4.79 Å². The molecule has 132 valence electrons. The fourth-order valence-corrected chi connectivity index (χ4v) is 3.18. The van der Waals surface area contributed by atoms with Crippen LogP contribution in [-0.4, -0.2) is 35.3 Å². The smallest absolute Gasteiger partial charge is 0.317 e. The summed E-state index contributed by atoms with van der Waals surface area (Å²) < 4.78 is 5.02. The van der Waals surface area contributed by atoms with E-state index in [-0.39, 0.29) is 23.6 Å². The molecule has 0 aromatic heterocycles. The lowest BCUT2D eigenvalue weighted by Crippen LogP contribution is -2.38. The molecule has 0 radical (unpaired) electrons. The van der Waals surface area contributed by atoms with Crippen molar-refractivity contribution in [1.29, 1.82) is 0 Å². The molecule has 1 unspecified atom stereocenters. The second kappa shape index (κ2) is 6.93. The molecule has 1 aliphatic carbocycles. The zero-order valence-corrected chi connectivity index (χ0v) is 14.3. The quantitative estimate of drug-likeness (QED) is 0.798. The van der Waals surface area contributed by atoms with Gasteiger partial charge in [0.25, 0.3) is 0 Å². The molecular formula is C19H22N2O4. The highest BCUT2D eigenvalue weighted by Gasteiger charge is 2.25. The minimum atomic E-state index is -0.198. The van der Waals surface area contributed by atoms with E-state index in [2.05, 4.69) is 5.32 Å². The number of ether oxygens (including phenoxy) is 1. The number of rotatable bonds is 4. The number of carbonyl (C=O) groups is 1. The molecule has 3 N–H and O–H groups in total. The number of benzene rings is 2. The van der Waals surface area contributed by atoms with E-state index in [1.165, 1.54) is 7.11 Å². The van der Waals surface area contributed by atoms with Crippen molar-refractivity contribution >= 4 is 6.03 Å². The molecule has 0 aliphatic heterocycles. The van der Waals surface area contributed by atoms with E-state index in [4.69, 9.17) is 4.74 Å². The number of fused-ring (bicyclic) bond motifs is 1. The Kier molecular flexibility index (Phi) is 4.70. The summed E-state index contributed by atoms with van der Waals surface area (Å²) in [7, 11) is 3.19. The first-order valence-corrected chi connectivity index (χ1v) is 8.17. The third kappa shape index (κ3) is 3.63. The van der Waals surface area contributed by atoms with Gasteiger partial charge in [0, 0.05) is 13.6 Å². The fraction of sp³-hybridized carbons (Fsp3) is 0.316.